The Morgan fingerprint density at radius 2 is 0.879 bits per heavy atom. The average molecular weight is 516 g/mol. The van der Waals surface area contributed by atoms with Gasteiger partial charge < -0.3 is 17.2 Å². The highest BCUT2D eigenvalue weighted by Crippen LogP contribution is 2.26. The first-order chi connectivity index (χ1) is 15.0. The molecule has 0 aliphatic carbocycles. The lowest BCUT2D eigenvalue weighted by molar-refractivity contribution is 0.273. The van der Waals surface area contributed by atoms with E-state index in [1.54, 1.807) is 0 Å². The highest BCUT2D eigenvalue weighted by atomic mass is 28.5. The van der Waals surface area contributed by atoms with Crippen LogP contribution in [0.25, 0.3) is 0 Å². The molecule has 0 spiro atoms. The molecule has 0 aliphatic rings. The van der Waals surface area contributed by atoms with E-state index in [1.807, 2.05) is 14.1 Å². The SMILES string of the molecule is CN(C)c1ccc(C#Cc2ccc([Si](O[Si](C)(C)C)(O[Si](C)(C)C)O[Si](C)(C)C)cc2)cc1. The van der Waals surface area contributed by atoms with Gasteiger partial charge in [0.1, 0.15) is 0 Å². The van der Waals surface area contributed by atoms with Crippen molar-refractivity contribution >= 4 is 44.6 Å². The van der Waals surface area contributed by atoms with Crippen LogP contribution in [-0.4, -0.2) is 47.9 Å². The zero-order valence-corrected chi connectivity index (χ0v) is 26.3. The Hall–Kier alpha value is -1.45. The quantitative estimate of drug-likeness (QED) is 0.326. The minimum atomic E-state index is -3.07. The molecule has 8 heteroatoms. The van der Waals surface area contributed by atoms with Crippen molar-refractivity contribution in [1.82, 2.24) is 0 Å². The van der Waals surface area contributed by atoms with Gasteiger partial charge in [-0.2, -0.15) is 0 Å². The largest absolute Gasteiger partial charge is 0.505 e. The Balaban J connectivity index is 2.42. The lowest BCUT2D eigenvalue weighted by Crippen LogP contribution is -2.67. The minimum Gasteiger partial charge on any atom is -0.414 e. The first-order valence-electron chi connectivity index (χ1n) is 11.5. The molecular formula is C25H41NO3Si4. The molecule has 180 valence electrons. The molecule has 0 amide bonds. The summed E-state index contributed by atoms with van der Waals surface area (Å²) in [6.45, 7) is 19.9. The van der Waals surface area contributed by atoms with Crippen LogP contribution >= 0.6 is 0 Å². The van der Waals surface area contributed by atoms with E-state index in [1.165, 1.54) is 5.69 Å². The summed E-state index contributed by atoms with van der Waals surface area (Å²) >= 11 is 0. The van der Waals surface area contributed by atoms with Gasteiger partial charge in [0.25, 0.3) is 0 Å². The van der Waals surface area contributed by atoms with Crippen molar-refractivity contribution in [2.24, 2.45) is 0 Å². The summed E-state index contributed by atoms with van der Waals surface area (Å²) in [5.41, 5.74) is 3.13. The second kappa shape index (κ2) is 10.4. The van der Waals surface area contributed by atoms with Crippen LogP contribution in [-0.2, 0) is 12.3 Å². The predicted octanol–water partition coefficient (Wildman–Crippen LogP) is 5.85. The lowest BCUT2D eigenvalue weighted by Gasteiger charge is -2.42. The Bertz CT molecular complexity index is 934. The molecule has 0 radical (unpaired) electrons. The number of anilines is 1. The highest BCUT2D eigenvalue weighted by Gasteiger charge is 2.51. The highest BCUT2D eigenvalue weighted by molar-refractivity contribution is 6.95. The van der Waals surface area contributed by atoms with Gasteiger partial charge in [-0.05, 0) is 95.3 Å². The standard InChI is InChI=1S/C25H41NO3Si4/c1-26(2)24-18-14-22(15-19-24)12-13-23-16-20-25(21-17-23)33(27-30(3,4)5,28-31(6,7)8)29-32(9,10)11/h14-21H,1-11H3. The fourth-order valence-electron chi connectivity index (χ4n) is 3.19. The maximum atomic E-state index is 6.83. The molecule has 0 unspecified atom stereocenters. The number of benzene rings is 2. The monoisotopic (exact) mass is 515 g/mol. The average Bonchev–Trinajstić information content (AvgIpc) is 2.63. The predicted molar refractivity (Wildman–Crippen MR) is 152 cm³/mol. The number of hydrogen-bond acceptors (Lipinski definition) is 4. The molecular weight excluding hydrogens is 475 g/mol. The van der Waals surface area contributed by atoms with Crippen LogP contribution in [0.1, 0.15) is 11.1 Å². The smallest absolute Gasteiger partial charge is 0.414 e. The van der Waals surface area contributed by atoms with Gasteiger partial charge >= 0.3 is 8.80 Å². The van der Waals surface area contributed by atoms with Crippen molar-refractivity contribution in [1.29, 1.82) is 0 Å². The number of rotatable bonds is 8. The van der Waals surface area contributed by atoms with Gasteiger partial charge in [0, 0.05) is 36.1 Å². The van der Waals surface area contributed by atoms with Crippen LogP contribution < -0.4 is 10.1 Å². The third-order valence-electron chi connectivity index (χ3n) is 4.29. The van der Waals surface area contributed by atoms with E-state index < -0.39 is 33.8 Å². The van der Waals surface area contributed by atoms with Gasteiger partial charge in [-0.1, -0.05) is 24.0 Å². The number of nitrogens with zero attached hydrogens (tertiary/aromatic N) is 1. The van der Waals surface area contributed by atoms with Crippen molar-refractivity contribution in [2.45, 2.75) is 58.9 Å². The van der Waals surface area contributed by atoms with Crippen LogP contribution in [0, 0.1) is 11.8 Å². The normalized spacial score (nSPS) is 12.8. The van der Waals surface area contributed by atoms with Crippen molar-refractivity contribution < 1.29 is 12.3 Å². The maximum absolute atomic E-state index is 6.83. The summed E-state index contributed by atoms with van der Waals surface area (Å²) in [5, 5.41) is 1.04. The van der Waals surface area contributed by atoms with Crippen LogP contribution in [0.4, 0.5) is 5.69 Å². The third kappa shape index (κ3) is 9.37. The molecule has 2 aromatic carbocycles. The molecule has 0 aliphatic heterocycles. The van der Waals surface area contributed by atoms with Gasteiger partial charge in [0.05, 0.1) is 0 Å². The molecule has 4 nitrogen and oxygen atoms in total. The second-order valence-corrected chi connectivity index (χ2v) is 28.3. The molecule has 0 atom stereocenters. The van der Waals surface area contributed by atoms with Crippen LogP contribution in [0.3, 0.4) is 0 Å². The fraction of sp³-hybridized carbons (Fsp3) is 0.440. The van der Waals surface area contributed by atoms with Crippen LogP contribution in [0.15, 0.2) is 48.5 Å². The lowest BCUT2D eigenvalue weighted by atomic mass is 10.1. The summed E-state index contributed by atoms with van der Waals surface area (Å²) in [6.07, 6.45) is 0. The third-order valence-corrected chi connectivity index (χ3v) is 15.9. The van der Waals surface area contributed by atoms with Crippen molar-refractivity contribution in [3.05, 3.63) is 59.7 Å². The zero-order chi connectivity index (χ0) is 25.1. The molecule has 0 saturated carbocycles. The van der Waals surface area contributed by atoms with Gasteiger partial charge in [0.15, 0.2) is 25.0 Å². The molecule has 2 aromatic rings. The van der Waals surface area contributed by atoms with Crippen molar-refractivity contribution in [3.8, 4) is 11.8 Å². The molecule has 2 rings (SSSR count). The van der Waals surface area contributed by atoms with Gasteiger partial charge in [0.2, 0.25) is 0 Å². The molecule has 0 aromatic heterocycles. The topological polar surface area (TPSA) is 30.9 Å². The zero-order valence-electron chi connectivity index (χ0n) is 22.3. The first-order valence-corrected chi connectivity index (χ1v) is 23.4. The van der Waals surface area contributed by atoms with E-state index in [0.29, 0.717) is 0 Å². The fourth-order valence-corrected chi connectivity index (χ4v) is 16.5. The maximum Gasteiger partial charge on any atom is 0.505 e. The molecule has 0 saturated heterocycles. The second-order valence-electron chi connectivity index (χ2n) is 11.5. The first kappa shape index (κ1) is 27.8. The van der Waals surface area contributed by atoms with E-state index in [0.717, 1.165) is 16.3 Å². The summed E-state index contributed by atoms with van der Waals surface area (Å²) in [7, 11) is -4.81. The van der Waals surface area contributed by atoms with Crippen molar-refractivity contribution in [2.75, 3.05) is 19.0 Å². The molecule has 0 fully saturated rings. The van der Waals surface area contributed by atoms with Gasteiger partial charge in [-0.25, -0.2) is 0 Å². The minimum absolute atomic E-state index is 0.965. The molecule has 0 N–H and O–H groups in total. The van der Waals surface area contributed by atoms with E-state index in [-0.39, 0.29) is 0 Å². The molecule has 0 bridgehead atoms. The summed E-state index contributed by atoms with van der Waals surface area (Å²) in [6, 6.07) is 16.6. The summed E-state index contributed by atoms with van der Waals surface area (Å²) < 4.78 is 20.5. The Kier molecular flexibility index (Phi) is 8.79. The van der Waals surface area contributed by atoms with Crippen LogP contribution in [0.5, 0.6) is 0 Å². The van der Waals surface area contributed by atoms with Crippen molar-refractivity contribution in [3.63, 3.8) is 0 Å². The summed E-state index contributed by atoms with van der Waals surface area (Å²) in [5.74, 6) is 6.56. The summed E-state index contributed by atoms with van der Waals surface area (Å²) in [4.78, 5) is 2.08. The van der Waals surface area contributed by atoms with Crippen LogP contribution in [0.2, 0.25) is 58.9 Å². The number of hydrogen-bond donors (Lipinski definition) is 0. The van der Waals surface area contributed by atoms with E-state index in [9.17, 15) is 0 Å². The van der Waals surface area contributed by atoms with Gasteiger partial charge in [-0.3, -0.25) is 0 Å². The van der Waals surface area contributed by atoms with Gasteiger partial charge in [-0.15, -0.1) is 0 Å². The molecule has 0 heterocycles. The Labute approximate surface area is 206 Å². The Morgan fingerprint density at radius 3 is 1.18 bits per heavy atom. The van der Waals surface area contributed by atoms with E-state index in [2.05, 4.69) is 124 Å². The Morgan fingerprint density at radius 1 is 0.545 bits per heavy atom. The molecule has 33 heavy (non-hydrogen) atoms. The van der Waals surface area contributed by atoms with E-state index >= 15 is 0 Å². The van der Waals surface area contributed by atoms with E-state index in [4.69, 9.17) is 12.3 Å².